The molecule has 0 unspecified atom stereocenters. The fraction of sp³-hybridized carbons (Fsp3) is 0.235. The number of carbonyl (C=O) groups excluding carboxylic acids is 3. The lowest BCUT2D eigenvalue weighted by Gasteiger charge is -2.13. The van der Waals surface area contributed by atoms with Crippen molar-refractivity contribution in [1.29, 1.82) is 0 Å². The highest BCUT2D eigenvalue weighted by Gasteiger charge is 2.35. The molecule has 0 bridgehead atoms. The molecule has 1 aromatic carbocycles. The first kappa shape index (κ1) is 17.5. The lowest BCUT2D eigenvalue weighted by molar-refractivity contribution is -0.138. The molecule has 1 atom stereocenters. The van der Waals surface area contributed by atoms with Crippen LogP contribution >= 0.6 is 0 Å². The number of benzene rings is 1. The van der Waals surface area contributed by atoms with E-state index in [2.05, 4.69) is 4.98 Å². The van der Waals surface area contributed by atoms with Crippen molar-refractivity contribution in [3.63, 3.8) is 0 Å². The van der Waals surface area contributed by atoms with E-state index in [1.807, 2.05) is 0 Å². The van der Waals surface area contributed by atoms with Crippen LogP contribution in [-0.2, 0) is 11.2 Å². The van der Waals surface area contributed by atoms with Gasteiger partial charge in [-0.25, -0.2) is 4.98 Å². The number of imidazole rings is 1. The van der Waals surface area contributed by atoms with Crippen molar-refractivity contribution < 1.29 is 24.3 Å². The Morgan fingerprint density at radius 2 is 1.77 bits per heavy atom. The highest BCUT2D eigenvalue weighted by atomic mass is 16.4. The smallest absolute Gasteiger partial charge is 0.320 e. The van der Waals surface area contributed by atoms with Crippen LogP contribution in [0.3, 0.4) is 0 Å². The van der Waals surface area contributed by atoms with E-state index in [0.717, 1.165) is 4.90 Å². The molecule has 9 nitrogen and oxygen atoms in total. The maximum atomic E-state index is 12.3. The van der Waals surface area contributed by atoms with Crippen molar-refractivity contribution in [2.75, 3.05) is 6.54 Å². The number of rotatable bonds is 6. The minimum atomic E-state index is -1.16. The predicted molar refractivity (Wildman–Crippen MR) is 88.6 cm³/mol. The van der Waals surface area contributed by atoms with Gasteiger partial charge in [-0.15, -0.1) is 0 Å². The molecule has 9 heteroatoms. The van der Waals surface area contributed by atoms with Crippen LogP contribution in [0.15, 0.2) is 36.8 Å². The molecule has 0 spiro atoms. The summed E-state index contributed by atoms with van der Waals surface area (Å²) < 4.78 is 1.20. The third kappa shape index (κ3) is 3.24. The Kier molecular flexibility index (Phi) is 4.63. The van der Waals surface area contributed by atoms with Gasteiger partial charge < -0.3 is 10.8 Å². The zero-order valence-corrected chi connectivity index (χ0v) is 13.7. The van der Waals surface area contributed by atoms with Gasteiger partial charge in [-0.2, -0.15) is 0 Å². The quantitative estimate of drug-likeness (QED) is 0.704. The fourth-order valence-electron chi connectivity index (χ4n) is 2.70. The Morgan fingerprint density at radius 3 is 2.35 bits per heavy atom. The number of amides is 2. The van der Waals surface area contributed by atoms with E-state index in [9.17, 15) is 19.2 Å². The lowest BCUT2D eigenvalue weighted by atomic mass is 10.1. The van der Waals surface area contributed by atoms with Gasteiger partial charge in [0.2, 0.25) is 5.91 Å². The molecule has 2 amide bonds. The number of hydrogen-bond donors (Lipinski definition) is 2. The second-order valence-corrected chi connectivity index (χ2v) is 5.87. The molecule has 1 aliphatic rings. The normalized spacial score (nSPS) is 14.4. The number of nitrogens with zero attached hydrogens (tertiary/aromatic N) is 3. The number of carboxylic acids is 1. The van der Waals surface area contributed by atoms with Crippen LogP contribution in [-0.4, -0.2) is 55.8 Å². The number of aliphatic carboxylic acids is 1. The summed E-state index contributed by atoms with van der Waals surface area (Å²) in [5.74, 6) is -2.37. The molecule has 3 rings (SSSR count). The number of hydrogen-bond acceptors (Lipinski definition) is 6. The van der Waals surface area contributed by atoms with Crippen molar-refractivity contribution in [2.45, 2.75) is 18.9 Å². The molecule has 2 aromatic rings. The Balaban J connectivity index is 1.62. The Hall–Kier alpha value is -3.33. The topological polar surface area (TPSA) is 136 Å². The molecule has 1 aliphatic heterocycles. The summed E-state index contributed by atoms with van der Waals surface area (Å²) in [4.78, 5) is 52.5. The fourth-order valence-corrected chi connectivity index (χ4v) is 2.70. The summed E-state index contributed by atoms with van der Waals surface area (Å²) in [5.41, 5.74) is 6.46. The van der Waals surface area contributed by atoms with Gasteiger partial charge in [0.15, 0.2) is 0 Å². The molecule has 0 aliphatic carbocycles. The van der Waals surface area contributed by atoms with Gasteiger partial charge in [0.1, 0.15) is 12.4 Å². The van der Waals surface area contributed by atoms with E-state index in [1.54, 1.807) is 24.3 Å². The number of carbonyl (C=O) groups is 4. The molecule has 134 valence electrons. The zero-order chi connectivity index (χ0) is 18.8. The number of imide groups is 1. The van der Waals surface area contributed by atoms with Crippen molar-refractivity contribution in [2.24, 2.45) is 5.73 Å². The summed E-state index contributed by atoms with van der Waals surface area (Å²) >= 11 is 0. The first-order chi connectivity index (χ1) is 12.4. The van der Waals surface area contributed by atoms with Gasteiger partial charge in [-0.3, -0.25) is 28.6 Å². The van der Waals surface area contributed by atoms with Crippen molar-refractivity contribution in [1.82, 2.24) is 14.5 Å². The maximum Gasteiger partial charge on any atom is 0.320 e. The highest BCUT2D eigenvalue weighted by molar-refractivity contribution is 6.21. The Labute approximate surface area is 148 Å². The van der Waals surface area contributed by atoms with Crippen molar-refractivity contribution in [3.8, 4) is 0 Å². The predicted octanol–water partition coefficient (Wildman–Crippen LogP) is 0.164. The minimum Gasteiger partial charge on any atom is -0.480 e. The zero-order valence-electron chi connectivity index (χ0n) is 13.7. The molecule has 0 saturated carbocycles. The molecule has 26 heavy (non-hydrogen) atoms. The Morgan fingerprint density at radius 1 is 1.15 bits per heavy atom. The average molecular weight is 356 g/mol. The second-order valence-electron chi connectivity index (χ2n) is 5.87. The second kappa shape index (κ2) is 6.89. The summed E-state index contributed by atoms with van der Waals surface area (Å²) in [6.07, 6.45) is 2.57. The van der Waals surface area contributed by atoms with Gasteiger partial charge in [-0.05, 0) is 12.1 Å². The summed E-state index contributed by atoms with van der Waals surface area (Å²) in [6, 6.07) is 5.39. The van der Waals surface area contributed by atoms with Crippen LogP contribution < -0.4 is 5.73 Å². The average Bonchev–Trinajstić information content (AvgIpc) is 3.18. The van der Waals surface area contributed by atoms with Gasteiger partial charge in [0, 0.05) is 25.6 Å². The van der Waals surface area contributed by atoms with Gasteiger partial charge in [0.25, 0.3) is 11.8 Å². The molecule has 1 aromatic heterocycles. The molecule has 3 N–H and O–H groups in total. The molecule has 2 heterocycles. The van der Waals surface area contributed by atoms with Crippen LogP contribution in [0.1, 0.15) is 37.6 Å². The van der Waals surface area contributed by atoms with Crippen LogP contribution in [0, 0.1) is 0 Å². The number of carboxylic acid groups (broad SMARTS) is 1. The first-order valence-corrected chi connectivity index (χ1v) is 7.88. The first-order valence-electron chi connectivity index (χ1n) is 7.88. The summed E-state index contributed by atoms with van der Waals surface area (Å²) in [5, 5.41) is 8.79. The molecular formula is C17H16N4O5. The van der Waals surface area contributed by atoms with E-state index >= 15 is 0 Å². The minimum absolute atomic E-state index is 0.00593. The highest BCUT2D eigenvalue weighted by Crippen LogP contribution is 2.22. The number of fused-ring (bicyclic) bond motifs is 1. The lowest BCUT2D eigenvalue weighted by Crippen LogP contribution is -2.32. The third-order valence-electron chi connectivity index (χ3n) is 4.10. The maximum absolute atomic E-state index is 12.3. The van der Waals surface area contributed by atoms with Crippen molar-refractivity contribution >= 4 is 23.7 Å². The van der Waals surface area contributed by atoms with E-state index in [1.165, 1.54) is 17.1 Å². The Bertz CT molecular complexity index is 869. The molecule has 0 radical (unpaired) electrons. The SMILES string of the molecule is N[C@@H](Cc1cn(C(=O)CCN2C(=O)c3ccccc3C2=O)cn1)C(=O)O. The van der Waals surface area contributed by atoms with Gasteiger partial charge in [-0.1, -0.05) is 12.1 Å². The van der Waals surface area contributed by atoms with E-state index < -0.39 is 23.8 Å². The summed E-state index contributed by atoms with van der Waals surface area (Å²) in [7, 11) is 0. The largest absolute Gasteiger partial charge is 0.480 e. The van der Waals surface area contributed by atoms with Gasteiger partial charge in [0.05, 0.1) is 16.8 Å². The van der Waals surface area contributed by atoms with Crippen LogP contribution in [0.25, 0.3) is 0 Å². The number of aromatic nitrogens is 2. The van der Waals surface area contributed by atoms with Crippen LogP contribution in [0.5, 0.6) is 0 Å². The number of nitrogens with two attached hydrogens (primary N) is 1. The van der Waals surface area contributed by atoms with Gasteiger partial charge >= 0.3 is 5.97 Å². The van der Waals surface area contributed by atoms with Crippen LogP contribution in [0.2, 0.25) is 0 Å². The standard InChI is InChI=1S/C17H16N4O5/c18-13(17(25)26)7-10-8-20(9-19-10)14(22)5-6-21-15(23)11-3-1-2-4-12(11)16(21)24/h1-4,8-9,13H,5-7,18H2,(H,25,26)/t13-/m0/s1. The molecular weight excluding hydrogens is 340 g/mol. The summed E-state index contributed by atoms with van der Waals surface area (Å²) in [6.45, 7) is -0.0483. The van der Waals surface area contributed by atoms with E-state index in [4.69, 9.17) is 10.8 Å². The molecule has 0 saturated heterocycles. The van der Waals surface area contributed by atoms with Crippen LogP contribution in [0.4, 0.5) is 0 Å². The monoisotopic (exact) mass is 356 g/mol. The third-order valence-corrected chi connectivity index (χ3v) is 4.10. The van der Waals surface area contributed by atoms with Crippen molar-refractivity contribution in [3.05, 3.63) is 53.6 Å². The van der Waals surface area contributed by atoms with E-state index in [0.29, 0.717) is 16.8 Å². The van der Waals surface area contributed by atoms with E-state index in [-0.39, 0.29) is 25.3 Å². The molecule has 0 fully saturated rings.